The first-order chi connectivity index (χ1) is 8.54. The molecule has 4 nitrogen and oxygen atoms in total. The number of hydrogen-bond acceptors (Lipinski definition) is 4. The number of aryl methyl sites for hydroxylation is 2. The van der Waals surface area contributed by atoms with Crippen molar-refractivity contribution in [1.82, 2.24) is 9.38 Å². The standard InChI is InChI=1S/C11H10ClIN2O2S/c1-6-3-8(12)11-14-7(2)10(15(11)4-6)9(16)5-17-18-13/h3-4H,5H2,1-2H3. The summed E-state index contributed by atoms with van der Waals surface area (Å²) in [7, 11) is 1.14. The zero-order chi connectivity index (χ0) is 13.3. The number of carbonyl (C=O) groups is 1. The number of halogens is 2. The molecule has 96 valence electrons. The SMILES string of the molecule is Cc1cc(Cl)c2nc(C)c(C(=O)COSI)n2c1. The van der Waals surface area contributed by atoms with E-state index in [-0.39, 0.29) is 12.4 Å². The molecule has 2 rings (SSSR count). The van der Waals surface area contributed by atoms with Gasteiger partial charge < -0.3 is 0 Å². The minimum absolute atomic E-state index is 0.0216. The van der Waals surface area contributed by atoms with E-state index >= 15 is 0 Å². The van der Waals surface area contributed by atoms with E-state index in [2.05, 4.69) is 4.98 Å². The Balaban J connectivity index is 2.56. The normalized spacial score (nSPS) is 11.1. The molecule has 0 aliphatic rings. The van der Waals surface area contributed by atoms with Crippen molar-refractivity contribution in [3.8, 4) is 0 Å². The number of imidazole rings is 1. The highest BCUT2D eigenvalue weighted by Gasteiger charge is 2.18. The number of Topliss-reactive ketones (excluding diaryl/α,β-unsaturated/α-hetero) is 1. The lowest BCUT2D eigenvalue weighted by atomic mass is 10.2. The molecule has 0 spiro atoms. The Hall–Kier alpha value is -0.310. The van der Waals surface area contributed by atoms with Crippen molar-refractivity contribution in [2.45, 2.75) is 13.8 Å². The summed E-state index contributed by atoms with van der Waals surface area (Å²) in [6, 6.07) is 1.83. The van der Waals surface area contributed by atoms with Gasteiger partial charge in [-0.2, -0.15) is 0 Å². The maximum atomic E-state index is 12.1. The zero-order valence-electron chi connectivity index (χ0n) is 9.74. The van der Waals surface area contributed by atoms with Crippen LogP contribution >= 0.6 is 42.0 Å². The number of aromatic nitrogens is 2. The van der Waals surface area contributed by atoms with Crippen molar-refractivity contribution in [2.75, 3.05) is 6.61 Å². The second-order valence-electron chi connectivity index (χ2n) is 3.85. The van der Waals surface area contributed by atoms with Crippen molar-refractivity contribution < 1.29 is 8.98 Å². The van der Waals surface area contributed by atoms with Gasteiger partial charge in [-0.1, -0.05) is 11.6 Å². The Morgan fingerprint density at radius 1 is 1.61 bits per heavy atom. The highest BCUT2D eigenvalue weighted by Crippen LogP contribution is 2.22. The van der Waals surface area contributed by atoms with Crippen LogP contribution in [0.4, 0.5) is 0 Å². The third-order valence-electron chi connectivity index (χ3n) is 2.48. The second kappa shape index (κ2) is 5.77. The van der Waals surface area contributed by atoms with Crippen LogP contribution in [-0.2, 0) is 4.18 Å². The number of rotatable bonds is 4. The maximum Gasteiger partial charge on any atom is 0.208 e. The second-order valence-corrected chi connectivity index (χ2v) is 5.70. The van der Waals surface area contributed by atoms with Crippen molar-refractivity contribution in [3.05, 3.63) is 34.2 Å². The van der Waals surface area contributed by atoms with Crippen LogP contribution < -0.4 is 0 Å². The molecule has 0 saturated heterocycles. The summed E-state index contributed by atoms with van der Waals surface area (Å²) in [4.78, 5) is 16.4. The molecular formula is C11H10ClIN2O2S. The van der Waals surface area contributed by atoms with Crippen LogP contribution in [0.15, 0.2) is 12.3 Å². The van der Waals surface area contributed by atoms with Gasteiger partial charge in [0.25, 0.3) is 0 Å². The first-order valence-electron chi connectivity index (χ1n) is 5.12. The molecule has 0 saturated carbocycles. The first-order valence-corrected chi connectivity index (χ1v) is 8.79. The van der Waals surface area contributed by atoms with E-state index in [0.717, 1.165) is 14.8 Å². The Labute approximate surface area is 126 Å². The zero-order valence-corrected chi connectivity index (χ0v) is 13.5. The van der Waals surface area contributed by atoms with Crippen LogP contribution in [0.1, 0.15) is 21.7 Å². The van der Waals surface area contributed by atoms with Crippen molar-refractivity contribution in [3.63, 3.8) is 0 Å². The summed E-state index contributed by atoms with van der Waals surface area (Å²) in [5.41, 5.74) is 2.77. The van der Waals surface area contributed by atoms with Gasteiger partial charge in [0.1, 0.15) is 12.3 Å². The Morgan fingerprint density at radius 3 is 3.00 bits per heavy atom. The number of nitrogens with zero attached hydrogens (tertiary/aromatic N) is 2. The molecule has 2 aromatic heterocycles. The van der Waals surface area contributed by atoms with E-state index in [1.165, 1.54) is 0 Å². The smallest absolute Gasteiger partial charge is 0.208 e. The molecule has 0 N–H and O–H groups in total. The molecule has 0 radical (unpaired) electrons. The monoisotopic (exact) mass is 396 g/mol. The Kier molecular flexibility index (Phi) is 4.52. The predicted molar refractivity (Wildman–Crippen MR) is 81.6 cm³/mol. The van der Waals surface area contributed by atoms with Gasteiger partial charge in [-0.25, -0.2) is 4.98 Å². The molecule has 7 heteroatoms. The van der Waals surface area contributed by atoms with Crippen molar-refractivity contribution >= 4 is 53.5 Å². The molecule has 0 unspecified atom stereocenters. The summed E-state index contributed by atoms with van der Waals surface area (Å²) in [5.74, 6) is -0.106. The largest absolute Gasteiger partial charge is 0.297 e. The van der Waals surface area contributed by atoms with Crippen LogP contribution in [0, 0.1) is 13.8 Å². The van der Waals surface area contributed by atoms with Gasteiger partial charge >= 0.3 is 0 Å². The number of carbonyl (C=O) groups excluding carboxylic acids is 1. The number of ketones is 1. The summed E-state index contributed by atoms with van der Waals surface area (Å²) >= 11 is 8.10. The summed E-state index contributed by atoms with van der Waals surface area (Å²) in [5, 5.41) is 0.543. The van der Waals surface area contributed by atoms with Gasteiger partial charge in [0.15, 0.2) is 5.65 Å². The minimum Gasteiger partial charge on any atom is -0.297 e. The molecule has 0 atom stereocenters. The molecule has 2 heterocycles. The van der Waals surface area contributed by atoms with E-state index in [4.69, 9.17) is 15.8 Å². The average Bonchev–Trinajstić information content (AvgIpc) is 2.63. The van der Waals surface area contributed by atoms with Crippen molar-refractivity contribution in [1.29, 1.82) is 0 Å². The van der Waals surface area contributed by atoms with Gasteiger partial charge in [-0.15, -0.1) is 0 Å². The molecule has 0 fully saturated rings. The molecule has 0 bridgehead atoms. The van der Waals surface area contributed by atoms with Gasteiger partial charge in [0.05, 0.1) is 19.9 Å². The van der Waals surface area contributed by atoms with Gasteiger partial charge in [-0.05, 0) is 25.5 Å². The minimum atomic E-state index is -0.106. The Bertz CT molecular complexity index is 615. The van der Waals surface area contributed by atoms with Gasteiger partial charge in [-0.3, -0.25) is 13.4 Å². The fourth-order valence-corrected chi connectivity index (χ4v) is 2.66. The number of fused-ring (bicyclic) bond motifs is 1. The van der Waals surface area contributed by atoms with Crippen molar-refractivity contribution in [2.24, 2.45) is 0 Å². The van der Waals surface area contributed by atoms with Crippen LogP contribution in [0.25, 0.3) is 5.65 Å². The number of hydrogen-bond donors (Lipinski definition) is 0. The van der Waals surface area contributed by atoms with Crippen LogP contribution in [0.3, 0.4) is 0 Å². The highest BCUT2D eigenvalue weighted by molar-refractivity contribution is 14.2. The lowest BCUT2D eigenvalue weighted by Gasteiger charge is -2.03. The molecule has 18 heavy (non-hydrogen) atoms. The average molecular weight is 397 g/mol. The number of pyridine rings is 1. The predicted octanol–water partition coefficient (Wildman–Crippen LogP) is 3.80. The van der Waals surface area contributed by atoms with Crippen LogP contribution in [-0.4, -0.2) is 21.8 Å². The highest BCUT2D eigenvalue weighted by atomic mass is 127. The van der Waals surface area contributed by atoms with Crippen LogP contribution in [0.2, 0.25) is 5.02 Å². The van der Waals surface area contributed by atoms with E-state index in [1.54, 1.807) is 11.3 Å². The van der Waals surface area contributed by atoms with E-state index in [9.17, 15) is 4.79 Å². The Morgan fingerprint density at radius 2 is 2.33 bits per heavy atom. The lowest BCUT2D eigenvalue weighted by Crippen LogP contribution is -2.10. The van der Waals surface area contributed by atoms with Gasteiger partial charge in [0, 0.05) is 27.4 Å². The van der Waals surface area contributed by atoms with Gasteiger partial charge in [0.2, 0.25) is 5.78 Å². The van der Waals surface area contributed by atoms with E-state index in [0.29, 0.717) is 22.1 Å². The molecular weight excluding hydrogens is 387 g/mol. The molecule has 0 aliphatic heterocycles. The summed E-state index contributed by atoms with van der Waals surface area (Å²) in [6.45, 7) is 3.74. The molecule has 0 aliphatic carbocycles. The van der Waals surface area contributed by atoms with E-state index < -0.39 is 0 Å². The van der Waals surface area contributed by atoms with E-state index in [1.807, 2.05) is 40.4 Å². The lowest BCUT2D eigenvalue weighted by molar-refractivity contribution is 0.0930. The van der Waals surface area contributed by atoms with Crippen LogP contribution in [0.5, 0.6) is 0 Å². The topological polar surface area (TPSA) is 43.6 Å². The first kappa shape index (κ1) is 14.1. The summed E-state index contributed by atoms with van der Waals surface area (Å²) < 4.78 is 6.80. The third-order valence-corrected chi connectivity index (χ3v) is 3.73. The maximum absolute atomic E-state index is 12.1. The fourth-order valence-electron chi connectivity index (χ4n) is 1.83. The molecule has 0 aromatic carbocycles. The molecule has 0 amide bonds. The molecule has 2 aromatic rings. The summed E-state index contributed by atoms with van der Waals surface area (Å²) in [6.07, 6.45) is 1.85. The third kappa shape index (κ3) is 2.66. The quantitative estimate of drug-likeness (QED) is 0.448. The fraction of sp³-hybridized carbons (Fsp3) is 0.273.